The Kier molecular flexibility index (Phi) is 9.50. The number of nitriles is 1. The number of hydrogen-bond acceptors (Lipinski definition) is 6. The highest BCUT2D eigenvalue weighted by Gasteiger charge is 2.40. The monoisotopic (exact) mass is 527 g/mol. The molecule has 8 heteroatoms. The van der Waals surface area contributed by atoms with E-state index >= 15 is 0 Å². The molecule has 1 aliphatic rings. The lowest BCUT2D eigenvalue weighted by Gasteiger charge is -2.43. The molecule has 2 atom stereocenters. The second-order valence-electron chi connectivity index (χ2n) is 10.3. The maximum atomic E-state index is 13.8. The number of amides is 1. The van der Waals surface area contributed by atoms with Crippen molar-refractivity contribution in [2.24, 2.45) is 5.92 Å². The summed E-state index contributed by atoms with van der Waals surface area (Å²) in [5.41, 5.74) is 3.35. The number of hydrogen-bond donors (Lipinski definition) is 0. The van der Waals surface area contributed by atoms with Gasteiger partial charge in [0.15, 0.2) is 0 Å². The van der Waals surface area contributed by atoms with Crippen LogP contribution in [0.25, 0.3) is 0 Å². The van der Waals surface area contributed by atoms with Crippen LogP contribution >= 0.6 is 0 Å². The third kappa shape index (κ3) is 6.92. The number of imidazole rings is 1. The molecule has 1 saturated heterocycles. The van der Waals surface area contributed by atoms with E-state index in [0.29, 0.717) is 17.7 Å². The van der Waals surface area contributed by atoms with Crippen LogP contribution in [0.2, 0.25) is 0 Å². The fourth-order valence-electron chi connectivity index (χ4n) is 5.27. The molecule has 3 aromatic rings. The zero-order valence-corrected chi connectivity index (χ0v) is 23.0. The molecule has 0 N–H and O–H groups in total. The minimum atomic E-state index is -0.623. The van der Waals surface area contributed by atoms with Crippen molar-refractivity contribution in [3.05, 3.63) is 89.5 Å². The number of nitrogens with zero attached hydrogens (tertiary/aromatic N) is 5. The first kappa shape index (κ1) is 28.1. The van der Waals surface area contributed by atoms with Gasteiger partial charge in [-0.3, -0.25) is 9.69 Å². The van der Waals surface area contributed by atoms with Gasteiger partial charge in [-0.25, -0.2) is 9.78 Å². The van der Waals surface area contributed by atoms with Crippen LogP contribution < -0.4 is 0 Å². The zero-order valence-electron chi connectivity index (χ0n) is 23.0. The van der Waals surface area contributed by atoms with Gasteiger partial charge in [-0.2, -0.15) is 5.26 Å². The molecule has 0 spiro atoms. The Balaban J connectivity index is 1.43. The highest BCUT2D eigenvalue weighted by Crippen LogP contribution is 2.27. The minimum Gasteiger partial charge on any atom is -0.467 e. The molecular formula is C31H37N5O3. The highest BCUT2D eigenvalue weighted by atomic mass is 16.5. The molecule has 0 aliphatic carbocycles. The van der Waals surface area contributed by atoms with Crippen molar-refractivity contribution >= 4 is 11.9 Å². The number of aromatic nitrogens is 2. The van der Waals surface area contributed by atoms with Crippen LogP contribution in [0.3, 0.4) is 0 Å². The van der Waals surface area contributed by atoms with Crippen LogP contribution in [0.1, 0.15) is 60.3 Å². The van der Waals surface area contributed by atoms with Gasteiger partial charge in [0.05, 0.1) is 30.8 Å². The summed E-state index contributed by atoms with van der Waals surface area (Å²) in [6, 6.07) is 18.3. The summed E-state index contributed by atoms with van der Waals surface area (Å²) in [6.45, 7) is 7.08. The molecule has 1 amide bonds. The van der Waals surface area contributed by atoms with Gasteiger partial charge in [-0.05, 0) is 48.6 Å². The third-order valence-corrected chi connectivity index (χ3v) is 7.65. The number of likely N-dealkylation sites (tertiary alicyclic amines) is 1. The Morgan fingerprint density at radius 1 is 1.10 bits per heavy atom. The Morgan fingerprint density at radius 3 is 2.41 bits per heavy atom. The molecule has 0 saturated carbocycles. The SMILES string of the molecule is CC[C@H](C)[C@@H](C(=O)OC)N(C(=O)c1ccccc1)C1CCN(Cc2cn(Cc3ccc(C#N)cc3)cn2)CC1. The first-order valence-corrected chi connectivity index (χ1v) is 13.6. The molecule has 4 rings (SSSR count). The Labute approximate surface area is 230 Å². The van der Waals surface area contributed by atoms with Crippen LogP contribution in [0.4, 0.5) is 0 Å². The third-order valence-electron chi connectivity index (χ3n) is 7.65. The van der Waals surface area contributed by atoms with Gasteiger partial charge in [0.1, 0.15) is 6.04 Å². The number of rotatable bonds is 10. The first-order chi connectivity index (χ1) is 18.9. The van der Waals surface area contributed by atoms with Gasteiger partial charge in [-0.1, -0.05) is 50.6 Å². The lowest BCUT2D eigenvalue weighted by molar-refractivity contribution is -0.149. The first-order valence-electron chi connectivity index (χ1n) is 13.6. The van der Waals surface area contributed by atoms with Crippen molar-refractivity contribution in [1.29, 1.82) is 5.26 Å². The fraction of sp³-hybridized carbons (Fsp3) is 0.419. The van der Waals surface area contributed by atoms with Crippen molar-refractivity contribution in [3.8, 4) is 6.07 Å². The smallest absolute Gasteiger partial charge is 0.328 e. The lowest BCUT2D eigenvalue weighted by atomic mass is 9.92. The van der Waals surface area contributed by atoms with Gasteiger partial charge in [0, 0.05) is 44.0 Å². The number of ether oxygens (including phenoxy) is 1. The maximum absolute atomic E-state index is 13.8. The van der Waals surface area contributed by atoms with E-state index < -0.39 is 6.04 Å². The van der Waals surface area contributed by atoms with E-state index in [1.54, 1.807) is 4.90 Å². The van der Waals surface area contributed by atoms with Crippen LogP contribution in [0.15, 0.2) is 67.1 Å². The molecule has 1 aliphatic heterocycles. The molecule has 8 nitrogen and oxygen atoms in total. The van der Waals surface area contributed by atoms with E-state index in [1.165, 1.54) is 7.11 Å². The molecule has 0 bridgehead atoms. The normalized spacial score (nSPS) is 15.7. The molecular weight excluding hydrogens is 490 g/mol. The summed E-state index contributed by atoms with van der Waals surface area (Å²) < 4.78 is 7.23. The average molecular weight is 528 g/mol. The van der Waals surface area contributed by atoms with Crippen LogP contribution in [-0.2, 0) is 22.6 Å². The summed E-state index contributed by atoms with van der Waals surface area (Å²) in [6.07, 6.45) is 6.21. The standard InChI is InChI=1S/C31H37N5O3/c1-4-23(2)29(31(38)39-3)36(30(37)26-8-6-5-7-9-26)28-14-16-34(17-15-28)20-27-21-35(22-33-27)19-25-12-10-24(18-32)11-13-25/h5-13,21-23,28-29H,4,14-17,19-20H2,1-3H3/t23-,29-/m0/s1. The Hall–Kier alpha value is -3.96. The molecule has 1 aromatic heterocycles. The van der Waals surface area contributed by atoms with E-state index in [9.17, 15) is 9.59 Å². The van der Waals surface area contributed by atoms with Crippen molar-refractivity contribution in [1.82, 2.24) is 19.4 Å². The van der Waals surface area contributed by atoms with Gasteiger partial charge in [-0.15, -0.1) is 0 Å². The fourth-order valence-corrected chi connectivity index (χ4v) is 5.27. The number of piperidine rings is 1. The van der Waals surface area contributed by atoms with Crippen LogP contribution in [0, 0.1) is 17.2 Å². The predicted molar refractivity (Wildman–Crippen MR) is 149 cm³/mol. The molecule has 2 heterocycles. The van der Waals surface area contributed by atoms with Gasteiger partial charge in [0.25, 0.3) is 5.91 Å². The van der Waals surface area contributed by atoms with E-state index in [4.69, 9.17) is 10.00 Å². The second-order valence-corrected chi connectivity index (χ2v) is 10.3. The summed E-state index contributed by atoms with van der Waals surface area (Å²) in [5.74, 6) is -0.502. The van der Waals surface area contributed by atoms with Crippen LogP contribution in [0.5, 0.6) is 0 Å². The predicted octanol–water partition coefficient (Wildman–Crippen LogP) is 4.50. The van der Waals surface area contributed by atoms with E-state index in [1.807, 2.05) is 74.8 Å². The van der Waals surface area contributed by atoms with E-state index in [-0.39, 0.29) is 23.8 Å². The summed E-state index contributed by atoms with van der Waals surface area (Å²) in [7, 11) is 1.39. The molecule has 1 fully saturated rings. The maximum Gasteiger partial charge on any atom is 0.328 e. The molecule has 0 unspecified atom stereocenters. The van der Waals surface area contributed by atoms with Gasteiger partial charge in [0.2, 0.25) is 0 Å². The number of carbonyl (C=O) groups excluding carboxylic acids is 2. The molecule has 39 heavy (non-hydrogen) atoms. The van der Waals surface area contributed by atoms with Crippen molar-refractivity contribution in [2.45, 2.75) is 58.3 Å². The van der Waals surface area contributed by atoms with Gasteiger partial charge < -0.3 is 14.2 Å². The number of carbonyl (C=O) groups is 2. The molecule has 204 valence electrons. The minimum absolute atomic E-state index is 0.0248. The molecule has 0 radical (unpaired) electrons. The quantitative estimate of drug-likeness (QED) is 0.361. The second kappa shape index (κ2) is 13.2. The topological polar surface area (TPSA) is 91.5 Å². The Bertz CT molecular complexity index is 1270. The van der Waals surface area contributed by atoms with Crippen molar-refractivity contribution in [2.75, 3.05) is 20.2 Å². The van der Waals surface area contributed by atoms with E-state index in [2.05, 4.69) is 26.7 Å². The average Bonchev–Trinajstić information content (AvgIpc) is 3.42. The van der Waals surface area contributed by atoms with Crippen LogP contribution in [-0.4, -0.2) is 63.5 Å². The molecule has 2 aromatic carbocycles. The zero-order chi connectivity index (χ0) is 27.8. The highest BCUT2D eigenvalue weighted by molar-refractivity contribution is 5.97. The van der Waals surface area contributed by atoms with E-state index in [0.717, 1.165) is 50.2 Å². The lowest BCUT2D eigenvalue weighted by Crippen LogP contribution is -2.56. The van der Waals surface area contributed by atoms with Crippen molar-refractivity contribution in [3.63, 3.8) is 0 Å². The largest absolute Gasteiger partial charge is 0.467 e. The summed E-state index contributed by atoms with van der Waals surface area (Å²) in [5, 5.41) is 8.99. The number of esters is 1. The van der Waals surface area contributed by atoms with Crippen molar-refractivity contribution < 1.29 is 14.3 Å². The summed E-state index contributed by atoms with van der Waals surface area (Å²) >= 11 is 0. The number of methoxy groups -OCH3 is 1. The summed E-state index contributed by atoms with van der Waals surface area (Å²) in [4.78, 5) is 35.5. The number of benzene rings is 2. The van der Waals surface area contributed by atoms with Gasteiger partial charge >= 0.3 is 5.97 Å². The Morgan fingerprint density at radius 2 is 1.79 bits per heavy atom.